The fraction of sp³-hybridized carbons (Fsp3) is 0.500. The first-order valence-corrected chi connectivity index (χ1v) is 8.11. The summed E-state index contributed by atoms with van der Waals surface area (Å²) in [5, 5.41) is 0. The van der Waals surface area contributed by atoms with E-state index in [0.29, 0.717) is 4.83 Å². The van der Waals surface area contributed by atoms with Gasteiger partial charge in [0.25, 0.3) is 0 Å². The Kier molecular flexibility index (Phi) is 4.62. The highest BCUT2D eigenvalue weighted by Gasteiger charge is 2.26. The first kappa shape index (κ1) is 12.8. The molecule has 1 aliphatic rings. The third-order valence-corrected chi connectivity index (χ3v) is 6.39. The first-order chi connectivity index (χ1) is 7.70. The summed E-state index contributed by atoms with van der Waals surface area (Å²) < 4.78 is 6.45. The van der Waals surface area contributed by atoms with Crippen LogP contribution in [0.25, 0.3) is 0 Å². The van der Waals surface area contributed by atoms with Gasteiger partial charge < -0.3 is 4.74 Å². The number of hydrogen-bond acceptors (Lipinski definition) is 2. The van der Waals surface area contributed by atoms with E-state index < -0.39 is 0 Å². The van der Waals surface area contributed by atoms with Gasteiger partial charge in [0, 0.05) is 15.1 Å². The molecule has 4 heteroatoms. The van der Waals surface area contributed by atoms with Crippen molar-refractivity contribution >= 4 is 43.6 Å². The van der Waals surface area contributed by atoms with Crippen LogP contribution in [0.2, 0.25) is 0 Å². The summed E-state index contributed by atoms with van der Waals surface area (Å²) in [5.41, 5.74) is 1.34. The molecule has 2 atom stereocenters. The fourth-order valence-electron chi connectivity index (χ4n) is 1.88. The van der Waals surface area contributed by atoms with Crippen molar-refractivity contribution in [3.8, 4) is 5.75 Å². The van der Waals surface area contributed by atoms with Crippen LogP contribution < -0.4 is 4.74 Å². The van der Waals surface area contributed by atoms with Crippen LogP contribution in [0.1, 0.15) is 5.56 Å². The normalized spacial score (nSPS) is 24.7. The molecule has 88 valence electrons. The average molecular weight is 366 g/mol. The van der Waals surface area contributed by atoms with Crippen molar-refractivity contribution in [3.63, 3.8) is 0 Å². The molecule has 0 radical (unpaired) electrons. The van der Waals surface area contributed by atoms with Crippen molar-refractivity contribution < 1.29 is 4.74 Å². The van der Waals surface area contributed by atoms with Crippen LogP contribution >= 0.6 is 43.6 Å². The highest BCUT2D eigenvalue weighted by Crippen LogP contribution is 2.34. The van der Waals surface area contributed by atoms with Crippen molar-refractivity contribution in [3.05, 3.63) is 28.2 Å². The number of methoxy groups -OCH3 is 1. The summed E-state index contributed by atoms with van der Waals surface area (Å²) in [6.07, 6.45) is 1.11. The third-order valence-electron chi connectivity index (χ3n) is 2.86. The Morgan fingerprint density at radius 2 is 2.25 bits per heavy atom. The lowest BCUT2D eigenvalue weighted by Crippen LogP contribution is -2.14. The lowest BCUT2D eigenvalue weighted by Gasteiger charge is -2.14. The van der Waals surface area contributed by atoms with E-state index in [0.717, 1.165) is 18.1 Å². The van der Waals surface area contributed by atoms with Gasteiger partial charge in [-0.05, 0) is 41.9 Å². The molecule has 2 unspecified atom stereocenters. The average Bonchev–Trinajstić information content (AvgIpc) is 2.68. The molecule has 0 amide bonds. The second-order valence-corrected chi connectivity index (χ2v) is 7.08. The van der Waals surface area contributed by atoms with E-state index >= 15 is 0 Å². The zero-order chi connectivity index (χ0) is 11.5. The Balaban J connectivity index is 2.13. The van der Waals surface area contributed by atoms with Gasteiger partial charge in [-0.15, -0.1) is 0 Å². The van der Waals surface area contributed by atoms with Gasteiger partial charge in [-0.3, -0.25) is 0 Å². The SMILES string of the molecule is COc1ccc(Br)c(CC2CSCC2Br)c1. The molecule has 1 saturated heterocycles. The molecule has 2 rings (SSSR count). The Hall–Kier alpha value is 0.330. The summed E-state index contributed by atoms with van der Waals surface area (Å²) in [6, 6.07) is 6.19. The predicted octanol–water partition coefficient (Wildman–Crippen LogP) is 4.13. The van der Waals surface area contributed by atoms with Crippen LogP contribution in [-0.4, -0.2) is 23.4 Å². The van der Waals surface area contributed by atoms with E-state index in [4.69, 9.17) is 4.74 Å². The Morgan fingerprint density at radius 1 is 1.44 bits per heavy atom. The largest absolute Gasteiger partial charge is 0.497 e. The number of hydrogen-bond donors (Lipinski definition) is 0. The maximum atomic E-state index is 5.26. The highest BCUT2D eigenvalue weighted by molar-refractivity contribution is 9.10. The van der Waals surface area contributed by atoms with E-state index in [1.807, 2.05) is 17.8 Å². The number of thioether (sulfide) groups is 1. The first-order valence-electron chi connectivity index (χ1n) is 5.25. The molecule has 1 aliphatic heterocycles. The zero-order valence-electron chi connectivity index (χ0n) is 9.08. The van der Waals surface area contributed by atoms with Gasteiger partial charge in [-0.2, -0.15) is 11.8 Å². The van der Waals surface area contributed by atoms with E-state index in [-0.39, 0.29) is 0 Å². The van der Waals surface area contributed by atoms with Crippen molar-refractivity contribution in [2.45, 2.75) is 11.2 Å². The molecule has 0 N–H and O–H groups in total. The molecule has 1 aromatic carbocycles. The number of alkyl halides is 1. The van der Waals surface area contributed by atoms with Crippen molar-refractivity contribution in [2.24, 2.45) is 5.92 Å². The van der Waals surface area contributed by atoms with Gasteiger partial charge in [-0.25, -0.2) is 0 Å². The number of halogens is 2. The van der Waals surface area contributed by atoms with Crippen LogP contribution in [0.4, 0.5) is 0 Å². The molecule has 0 spiro atoms. The molecule has 0 saturated carbocycles. The van der Waals surface area contributed by atoms with E-state index in [1.54, 1.807) is 7.11 Å². The van der Waals surface area contributed by atoms with Gasteiger partial charge >= 0.3 is 0 Å². The van der Waals surface area contributed by atoms with Crippen LogP contribution in [0.3, 0.4) is 0 Å². The van der Waals surface area contributed by atoms with Gasteiger partial charge in [0.15, 0.2) is 0 Å². The smallest absolute Gasteiger partial charge is 0.119 e. The quantitative estimate of drug-likeness (QED) is 0.745. The second kappa shape index (κ2) is 5.78. The van der Waals surface area contributed by atoms with Gasteiger partial charge in [-0.1, -0.05) is 31.9 Å². The Bertz CT molecular complexity index is 370. The molecule has 0 aromatic heterocycles. The maximum absolute atomic E-state index is 5.26. The second-order valence-electron chi connectivity index (χ2n) is 3.97. The summed E-state index contributed by atoms with van der Waals surface area (Å²) in [6.45, 7) is 0. The van der Waals surface area contributed by atoms with Crippen LogP contribution in [0.15, 0.2) is 22.7 Å². The van der Waals surface area contributed by atoms with E-state index in [2.05, 4.69) is 44.0 Å². The highest BCUT2D eigenvalue weighted by atomic mass is 79.9. The molecule has 0 bridgehead atoms. The van der Waals surface area contributed by atoms with Crippen molar-refractivity contribution in [2.75, 3.05) is 18.6 Å². The molecule has 0 aliphatic carbocycles. The summed E-state index contributed by atoms with van der Waals surface area (Å²) in [5.74, 6) is 4.15. The van der Waals surface area contributed by atoms with Crippen molar-refractivity contribution in [1.82, 2.24) is 0 Å². The summed E-state index contributed by atoms with van der Waals surface area (Å²) >= 11 is 9.40. The standard InChI is InChI=1S/C12H14Br2OS/c1-15-10-2-3-11(13)8(5-10)4-9-6-16-7-12(9)14/h2-3,5,9,12H,4,6-7H2,1H3. The molecule has 1 heterocycles. The molecular formula is C12H14Br2OS. The van der Waals surface area contributed by atoms with Gasteiger partial charge in [0.1, 0.15) is 5.75 Å². The fourth-order valence-corrected chi connectivity index (χ4v) is 4.75. The number of ether oxygens (including phenoxy) is 1. The maximum Gasteiger partial charge on any atom is 0.119 e. The minimum Gasteiger partial charge on any atom is -0.497 e. The molecule has 1 fully saturated rings. The Morgan fingerprint density at radius 3 is 2.88 bits per heavy atom. The molecule has 1 nitrogen and oxygen atoms in total. The van der Waals surface area contributed by atoms with E-state index in [9.17, 15) is 0 Å². The van der Waals surface area contributed by atoms with E-state index in [1.165, 1.54) is 21.5 Å². The van der Waals surface area contributed by atoms with Crippen LogP contribution in [0, 0.1) is 5.92 Å². The summed E-state index contributed by atoms with van der Waals surface area (Å²) in [4.78, 5) is 0.649. The Labute approximate surface area is 118 Å². The topological polar surface area (TPSA) is 9.23 Å². The van der Waals surface area contributed by atoms with Crippen LogP contribution in [0.5, 0.6) is 5.75 Å². The summed E-state index contributed by atoms with van der Waals surface area (Å²) in [7, 11) is 1.71. The van der Waals surface area contributed by atoms with Gasteiger partial charge in [0.2, 0.25) is 0 Å². The predicted molar refractivity (Wildman–Crippen MR) is 77.9 cm³/mol. The zero-order valence-corrected chi connectivity index (χ0v) is 13.1. The number of benzene rings is 1. The molecular weight excluding hydrogens is 352 g/mol. The van der Waals surface area contributed by atoms with Gasteiger partial charge in [0.05, 0.1) is 7.11 Å². The number of rotatable bonds is 3. The third kappa shape index (κ3) is 2.96. The van der Waals surface area contributed by atoms with Crippen LogP contribution in [-0.2, 0) is 6.42 Å². The lowest BCUT2D eigenvalue weighted by molar-refractivity contribution is 0.413. The minimum atomic E-state index is 0.649. The molecule has 16 heavy (non-hydrogen) atoms. The minimum absolute atomic E-state index is 0.649. The monoisotopic (exact) mass is 364 g/mol. The lowest BCUT2D eigenvalue weighted by atomic mass is 9.99. The molecule has 1 aromatic rings. The van der Waals surface area contributed by atoms with Crippen molar-refractivity contribution in [1.29, 1.82) is 0 Å².